The van der Waals surface area contributed by atoms with Crippen LogP contribution in [-0.4, -0.2) is 19.7 Å². The molecule has 0 fully saturated rings. The Kier molecular flexibility index (Phi) is 2.48. The van der Waals surface area contributed by atoms with Crippen molar-refractivity contribution in [3.8, 4) is 0 Å². The van der Waals surface area contributed by atoms with Gasteiger partial charge >= 0.3 is 0 Å². The van der Waals surface area contributed by atoms with Crippen LogP contribution in [0.3, 0.4) is 0 Å². The van der Waals surface area contributed by atoms with Crippen LogP contribution in [0.5, 0.6) is 0 Å². The van der Waals surface area contributed by atoms with Gasteiger partial charge in [0.2, 0.25) is 0 Å². The minimum absolute atomic E-state index is 0.889. The molecule has 0 unspecified atom stereocenters. The molecule has 0 radical (unpaired) electrons. The lowest BCUT2D eigenvalue weighted by Crippen LogP contribution is -1.97. The Labute approximate surface area is 99.3 Å². The van der Waals surface area contributed by atoms with E-state index < -0.39 is 0 Å². The number of fused-ring (bicyclic) bond motifs is 3. The van der Waals surface area contributed by atoms with Gasteiger partial charge in [0.25, 0.3) is 0 Å². The predicted octanol–water partition coefficient (Wildman–Crippen LogP) is 2.78. The van der Waals surface area contributed by atoms with E-state index in [1.165, 1.54) is 6.42 Å². The number of hydrogen-bond donors (Lipinski definition) is 0. The van der Waals surface area contributed by atoms with E-state index in [1.807, 2.05) is 29.2 Å². The third-order valence-electron chi connectivity index (χ3n) is 2.88. The Morgan fingerprint density at radius 1 is 1.24 bits per heavy atom. The molecule has 4 heteroatoms. The van der Waals surface area contributed by atoms with Crippen LogP contribution in [0.15, 0.2) is 30.7 Å². The second kappa shape index (κ2) is 4.13. The largest absolute Gasteiger partial charge is 0.271 e. The Morgan fingerprint density at radius 2 is 2.18 bits per heavy atom. The van der Waals surface area contributed by atoms with Gasteiger partial charge in [-0.05, 0) is 18.6 Å². The van der Waals surface area contributed by atoms with Gasteiger partial charge in [-0.15, -0.1) is 0 Å². The van der Waals surface area contributed by atoms with Crippen molar-refractivity contribution in [3.63, 3.8) is 0 Å². The maximum atomic E-state index is 4.59. The van der Waals surface area contributed by atoms with E-state index in [-0.39, 0.29) is 0 Å². The van der Waals surface area contributed by atoms with Crippen LogP contribution < -0.4 is 0 Å². The molecule has 0 saturated heterocycles. The van der Waals surface area contributed by atoms with Crippen molar-refractivity contribution < 1.29 is 0 Å². The zero-order valence-corrected chi connectivity index (χ0v) is 9.80. The predicted molar refractivity (Wildman–Crippen MR) is 67.7 cm³/mol. The Morgan fingerprint density at radius 3 is 3.06 bits per heavy atom. The average Bonchev–Trinajstić information content (AvgIpc) is 2.79. The van der Waals surface area contributed by atoms with Crippen molar-refractivity contribution in [2.24, 2.45) is 0 Å². The van der Waals surface area contributed by atoms with Crippen molar-refractivity contribution in [2.45, 2.75) is 26.3 Å². The number of hydrogen-bond acceptors (Lipinski definition) is 3. The summed E-state index contributed by atoms with van der Waals surface area (Å²) in [6.45, 7) is 3.14. The highest BCUT2D eigenvalue weighted by atomic mass is 15.3. The topological polar surface area (TPSA) is 43.6 Å². The van der Waals surface area contributed by atoms with Gasteiger partial charge in [0, 0.05) is 30.5 Å². The quantitative estimate of drug-likeness (QED) is 0.689. The van der Waals surface area contributed by atoms with Crippen LogP contribution in [0, 0.1) is 0 Å². The van der Waals surface area contributed by atoms with Crippen molar-refractivity contribution in [2.75, 3.05) is 0 Å². The monoisotopic (exact) mass is 226 g/mol. The van der Waals surface area contributed by atoms with Gasteiger partial charge in [-0.1, -0.05) is 13.3 Å². The first kappa shape index (κ1) is 10.2. The van der Waals surface area contributed by atoms with Crippen LogP contribution in [0.1, 0.15) is 19.8 Å². The summed E-state index contributed by atoms with van der Waals surface area (Å²) in [4.78, 5) is 8.75. The zero-order valence-electron chi connectivity index (χ0n) is 9.80. The third-order valence-corrected chi connectivity index (χ3v) is 2.88. The SMILES string of the molecule is CCCCn1cc2cnc3cccnc3c2n1. The molecule has 86 valence electrons. The first-order chi connectivity index (χ1) is 8.38. The molecule has 0 amide bonds. The van der Waals surface area contributed by atoms with Crippen molar-refractivity contribution >= 4 is 21.9 Å². The first-order valence-electron chi connectivity index (χ1n) is 5.95. The highest BCUT2D eigenvalue weighted by Gasteiger charge is 2.06. The third kappa shape index (κ3) is 1.75. The van der Waals surface area contributed by atoms with Crippen molar-refractivity contribution in [1.82, 2.24) is 19.7 Å². The van der Waals surface area contributed by atoms with E-state index in [0.717, 1.165) is 34.9 Å². The van der Waals surface area contributed by atoms with Gasteiger partial charge < -0.3 is 0 Å². The second-order valence-electron chi connectivity index (χ2n) is 4.18. The zero-order chi connectivity index (χ0) is 11.7. The van der Waals surface area contributed by atoms with Crippen LogP contribution >= 0.6 is 0 Å². The summed E-state index contributed by atoms with van der Waals surface area (Å²) < 4.78 is 1.99. The molecule has 3 aromatic heterocycles. The minimum Gasteiger partial charge on any atom is -0.271 e. The van der Waals surface area contributed by atoms with Crippen LogP contribution in [0.2, 0.25) is 0 Å². The maximum absolute atomic E-state index is 4.59. The molecule has 0 aromatic carbocycles. The summed E-state index contributed by atoms with van der Waals surface area (Å²) in [6.07, 6.45) is 8.02. The molecule has 4 nitrogen and oxygen atoms in total. The highest BCUT2D eigenvalue weighted by Crippen LogP contribution is 2.19. The molecule has 17 heavy (non-hydrogen) atoms. The van der Waals surface area contributed by atoms with Crippen LogP contribution in [-0.2, 0) is 6.54 Å². The van der Waals surface area contributed by atoms with Crippen LogP contribution in [0.4, 0.5) is 0 Å². The molecule has 3 rings (SSSR count). The second-order valence-corrected chi connectivity index (χ2v) is 4.18. The Hall–Kier alpha value is -1.97. The van der Waals surface area contributed by atoms with Gasteiger partial charge in [-0.2, -0.15) is 5.10 Å². The molecule has 0 aliphatic heterocycles. The Bertz CT molecular complexity index is 657. The summed E-state index contributed by atoms with van der Waals surface area (Å²) >= 11 is 0. The molecule has 0 aliphatic carbocycles. The lowest BCUT2D eigenvalue weighted by Gasteiger charge is -1.97. The molecule has 0 saturated carbocycles. The van der Waals surface area contributed by atoms with E-state index in [2.05, 4.69) is 22.0 Å². The highest BCUT2D eigenvalue weighted by molar-refractivity contribution is 5.99. The Balaban J connectivity index is 2.17. The van der Waals surface area contributed by atoms with Gasteiger partial charge in [-0.3, -0.25) is 14.6 Å². The van der Waals surface area contributed by atoms with E-state index in [9.17, 15) is 0 Å². The fourth-order valence-corrected chi connectivity index (χ4v) is 1.97. The number of rotatable bonds is 3. The normalized spacial score (nSPS) is 11.4. The number of unbranched alkanes of at least 4 members (excludes halogenated alkanes) is 1. The molecular formula is C13H14N4. The summed E-state index contributed by atoms with van der Waals surface area (Å²) in [5, 5.41) is 5.65. The molecule has 0 N–H and O–H groups in total. The summed E-state index contributed by atoms with van der Waals surface area (Å²) in [5.74, 6) is 0. The molecular weight excluding hydrogens is 212 g/mol. The number of aromatic nitrogens is 4. The van der Waals surface area contributed by atoms with Gasteiger partial charge in [0.05, 0.1) is 5.52 Å². The van der Waals surface area contributed by atoms with E-state index in [4.69, 9.17) is 0 Å². The average molecular weight is 226 g/mol. The lowest BCUT2D eigenvalue weighted by atomic mass is 10.2. The molecule has 0 spiro atoms. The van der Waals surface area contributed by atoms with Gasteiger partial charge in [0.1, 0.15) is 11.0 Å². The molecule has 0 aliphatic rings. The fourth-order valence-electron chi connectivity index (χ4n) is 1.97. The van der Waals surface area contributed by atoms with Gasteiger partial charge in [-0.25, -0.2) is 0 Å². The van der Waals surface area contributed by atoms with Crippen molar-refractivity contribution in [1.29, 1.82) is 0 Å². The van der Waals surface area contributed by atoms with Crippen LogP contribution in [0.25, 0.3) is 21.9 Å². The molecule has 0 bridgehead atoms. The smallest absolute Gasteiger partial charge is 0.122 e. The number of pyridine rings is 2. The van der Waals surface area contributed by atoms with Gasteiger partial charge in [0.15, 0.2) is 0 Å². The number of nitrogens with zero attached hydrogens (tertiary/aromatic N) is 4. The summed E-state index contributed by atoms with van der Waals surface area (Å²) in [7, 11) is 0. The molecule has 3 heterocycles. The fraction of sp³-hybridized carbons (Fsp3) is 0.308. The summed E-state index contributed by atoms with van der Waals surface area (Å²) in [5.41, 5.74) is 2.74. The van der Waals surface area contributed by atoms with E-state index in [0.29, 0.717) is 0 Å². The standard InChI is InChI=1S/C13H14N4/c1-2-3-7-17-9-10-8-15-11-5-4-6-14-13(11)12(10)16-17/h4-6,8-9H,2-3,7H2,1H3. The molecule has 3 aromatic rings. The van der Waals surface area contributed by atoms with E-state index in [1.54, 1.807) is 6.20 Å². The number of aryl methyl sites for hydroxylation is 1. The maximum Gasteiger partial charge on any atom is 0.122 e. The lowest BCUT2D eigenvalue weighted by molar-refractivity contribution is 0.577. The minimum atomic E-state index is 0.889. The van der Waals surface area contributed by atoms with E-state index >= 15 is 0 Å². The molecule has 0 atom stereocenters. The van der Waals surface area contributed by atoms with Crippen molar-refractivity contribution in [3.05, 3.63) is 30.7 Å². The summed E-state index contributed by atoms with van der Waals surface area (Å²) in [6, 6.07) is 3.86. The first-order valence-corrected chi connectivity index (χ1v) is 5.95.